The number of guanidine groups is 1. The van der Waals surface area contributed by atoms with Crippen LogP contribution in [0.3, 0.4) is 0 Å². The first-order chi connectivity index (χ1) is 13.2. The molecular weight excluding hydrogens is 467 g/mol. The van der Waals surface area contributed by atoms with Crippen LogP contribution in [0, 0.1) is 0 Å². The smallest absolute Gasteiger partial charge is 0.188 e. The Kier molecular flexibility index (Phi) is 9.64. The van der Waals surface area contributed by atoms with Crippen molar-refractivity contribution >= 4 is 29.9 Å². The van der Waals surface area contributed by atoms with Gasteiger partial charge in [-0.2, -0.15) is 0 Å². The number of halogens is 1. The number of hydrogen-bond donors (Lipinski definition) is 2. The summed E-state index contributed by atoms with van der Waals surface area (Å²) in [6.45, 7) is 3.60. The van der Waals surface area contributed by atoms with Crippen LogP contribution in [-0.2, 0) is 13.0 Å². The molecule has 28 heavy (non-hydrogen) atoms. The van der Waals surface area contributed by atoms with Crippen molar-refractivity contribution in [1.82, 2.24) is 10.2 Å². The highest BCUT2D eigenvalue weighted by Crippen LogP contribution is 2.33. The number of nitrogens with zero attached hydrogens (tertiary/aromatic N) is 2. The molecule has 1 aliphatic heterocycles. The zero-order valence-electron chi connectivity index (χ0n) is 17.2. The van der Waals surface area contributed by atoms with E-state index < -0.39 is 0 Å². The summed E-state index contributed by atoms with van der Waals surface area (Å²) in [6, 6.07) is 4.71. The number of aliphatic imine (C=N–C) groups is 1. The molecular formula is C21H35IN4O2. The third-order valence-electron chi connectivity index (χ3n) is 5.70. The summed E-state index contributed by atoms with van der Waals surface area (Å²) >= 11 is 0. The summed E-state index contributed by atoms with van der Waals surface area (Å²) in [4.78, 5) is 6.98. The van der Waals surface area contributed by atoms with E-state index in [1.165, 1.54) is 49.7 Å². The molecule has 0 unspecified atom stereocenters. The summed E-state index contributed by atoms with van der Waals surface area (Å²) < 4.78 is 10.9. The van der Waals surface area contributed by atoms with Crippen LogP contribution in [0.5, 0.6) is 11.5 Å². The summed E-state index contributed by atoms with van der Waals surface area (Å²) in [5.41, 5.74) is 8.77. The fourth-order valence-corrected chi connectivity index (χ4v) is 4.12. The van der Waals surface area contributed by atoms with Gasteiger partial charge in [0.05, 0.1) is 20.8 Å². The Morgan fingerprint density at radius 1 is 1.11 bits per heavy atom. The lowest BCUT2D eigenvalue weighted by Gasteiger charge is -2.29. The third kappa shape index (κ3) is 6.40. The van der Waals surface area contributed by atoms with Crippen LogP contribution in [0.15, 0.2) is 17.1 Å². The predicted molar refractivity (Wildman–Crippen MR) is 125 cm³/mol. The molecule has 6 nitrogen and oxygen atoms in total. The molecule has 0 spiro atoms. The predicted octanol–water partition coefficient (Wildman–Crippen LogP) is 3.31. The number of methoxy groups -OCH3 is 2. The van der Waals surface area contributed by atoms with Gasteiger partial charge in [0.1, 0.15) is 0 Å². The summed E-state index contributed by atoms with van der Waals surface area (Å²) in [5, 5.41) is 3.42. The fourth-order valence-electron chi connectivity index (χ4n) is 4.12. The van der Waals surface area contributed by atoms with E-state index in [2.05, 4.69) is 27.3 Å². The molecule has 3 N–H and O–H groups in total. The van der Waals surface area contributed by atoms with E-state index in [0.717, 1.165) is 44.1 Å². The molecule has 0 bridgehead atoms. The Hall–Kier alpha value is -1.22. The first kappa shape index (κ1) is 23.1. The van der Waals surface area contributed by atoms with Crippen LogP contribution in [-0.4, -0.2) is 50.8 Å². The van der Waals surface area contributed by atoms with Crippen LogP contribution in [0.25, 0.3) is 0 Å². The number of benzene rings is 1. The molecule has 3 rings (SSSR count). The fraction of sp³-hybridized carbons (Fsp3) is 0.667. The summed E-state index contributed by atoms with van der Waals surface area (Å²) in [5.74, 6) is 2.21. The van der Waals surface area contributed by atoms with Crippen LogP contribution < -0.4 is 20.5 Å². The lowest BCUT2D eigenvalue weighted by molar-refractivity contribution is 0.260. The van der Waals surface area contributed by atoms with Crippen LogP contribution in [0.2, 0.25) is 0 Å². The number of rotatable bonds is 6. The summed E-state index contributed by atoms with van der Waals surface area (Å²) in [6.07, 6.45) is 8.74. The average molecular weight is 502 g/mol. The van der Waals surface area contributed by atoms with Gasteiger partial charge >= 0.3 is 0 Å². The molecule has 1 saturated carbocycles. The number of nitrogens with one attached hydrogen (secondary N) is 1. The zero-order valence-corrected chi connectivity index (χ0v) is 19.5. The maximum Gasteiger partial charge on any atom is 0.188 e. The van der Waals surface area contributed by atoms with Gasteiger partial charge in [0, 0.05) is 25.7 Å². The van der Waals surface area contributed by atoms with E-state index >= 15 is 0 Å². The van der Waals surface area contributed by atoms with Crippen LogP contribution >= 0.6 is 24.0 Å². The first-order valence-corrected chi connectivity index (χ1v) is 10.2. The lowest BCUT2D eigenvalue weighted by Crippen LogP contribution is -2.40. The minimum Gasteiger partial charge on any atom is -0.493 e. The molecule has 0 aromatic heterocycles. The normalized spacial score (nSPS) is 18.6. The molecule has 0 amide bonds. The minimum atomic E-state index is 0. The van der Waals surface area contributed by atoms with Crippen molar-refractivity contribution in [2.24, 2.45) is 10.7 Å². The minimum absolute atomic E-state index is 0. The highest BCUT2D eigenvalue weighted by Gasteiger charge is 2.19. The molecule has 0 saturated heterocycles. The average Bonchev–Trinajstić information content (AvgIpc) is 2.95. The Bertz CT molecular complexity index is 646. The monoisotopic (exact) mass is 502 g/mol. The molecule has 158 valence electrons. The van der Waals surface area contributed by atoms with Crippen LogP contribution in [0.4, 0.5) is 0 Å². The van der Waals surface area contributed by atoms with Crippen molar-refractivity contribution in [3.8, 4) is 11.5 Å². The SMILES string of the molecule is COc1cc2c(cc1OC)CN(CCN=C(N)NC1CCCCCC1)CC2.I. The third-order valence-corrected chi connectivity index (χ3v) is 5.70. The number of fused-ring (bicyclic) bond motifs is 1. The quantitative estimate of drug-likeness (QED) is 0.270. The van der Waals surface area contributed by atoms with E-state index in [1.54, 1.807) is 14.2 Å². The van der Waals surface area contributed by atoms with E-state index in [9.17, 15) is 0 Å². The lowest BCUT2D eigenvalue weighted by atomic mass is 9.99. The van der Waals surface area contributed by atoms with Crippen molar-refractivity contribution in [3.63, 3.8) is 0 Å². The van der Waals surface area contributed by atoms with Gasteiger partial charge in [-0.05, 0) is 42.5 Å². The largest absolute Gasteiger partial charge is 0.493 e. The van der Waals surface area contributed by atoms with Crippen molar-refractivity contribution in [3.05, 3.63) is 23.3 Å². The van der Waals surface area contributed by atoms with Gasteiger partial charge in [-0.1, -0.05) is 25.7 Å². The van der Waals surface area contributed by atoms with Gasteiger partial charge in [-0.15, -0.1) is 24.0 Å². The van der Waals surface area contributed by atoms with Gasteiger partial charge in [-0.3, -0.25) is 9.89 Å². The molecule has 0 atom stereocenters. The van der Waals surface area contributed by atoms with Crippen LogP contribution in [0.1, 0.15) is 49.7 Å². The molecule has 1 fully saturated rings. The van der Waals surface area contributed by atoms with E-state index in [-0.39, 0.29) is 24.0 Å². The second-order valence-corrected chi connectivity index (χ2v) is 7.60. The number of hydrogen-bond acceptors (Lipinski definition) is 4. The molecule has 0 radical (unpaired) electrons. The van der Waals surface area contributed by atoms with Gasteiger partial charge < -0.3 is 20.5 Å². The van der Waals surface area contributed by atoms with Crippen molar-refractivity contribution < 1.29 is 9.47 Å². The highest BCUT2D eigenvalue weighted by atomic mass is 127. The van der Waals surface area contributed by atoms with Crippen molar-refractivity contribution in [1.29, 1.82) is 0 Å². The molecule has 1 heterocycles. The summed E-state index contributed by atoms with van der Waals surface area (Å²) in [7, 11) is 3.37. The Labute approximate surface area is 186 Å². The highest BCUT2D eigenvalue weighted by molar-refractivity contribution is 14.0. The number of nitrogens with two attached hydrogens (primary N) is 1. The Morgan fingerprint density at radius 2 is 1.75 bits per heavy atom. The van der Waals surface area contributed by atoms with Gasteiger partial charge in [-0.25, -0.2) is 0 Å². The van der Waals surface area contributed by atoms with Gasteiger partial charge in [0.2, 0.25) is 0 Å². The maximum absolute atomic E-state index is 6.11. The first-order valence-electron chi connectivity index (χ1n) is 10.2. The van der Waals surface area contributed by atoms with Crippen molar-refractivity contribution in [2.75, 3.05) is 33.9 Å². The molecule has 1 aromatic carbocycles. The van der Waals surface area contributed by atoms with E-state index in [4.69, 9.17) is 15.2 Å². The van der Waals surface area contributed by atoms with Gasteiger partial charge in [0.25, 0.3) is 0 Å². The Balaban J connectivity index is 0.00000280. The zero-order chi connectivity index (χ0) is 19.1. The molecule has 7 heteroatoms. The molecule has 1 aliphatic carbocycles. The topological polar surface area (TPSA) is 72.1 Å². The van der Waals surface area contributed by atoms with E-state index in [0.29, 0.717) is 12.0 Å². The second kappa shape index (κ2) is 11.7. The standard InChI is InChI=1S/C21H34N4O2.HI/c1-26-19-13-16-9-11-25(15-17(16)14-20(19)27-2)12-10-23-21(22)24-18-7-5-3-4-6-8-18;/h13-14,18H,3-12,15H2,1-2H3,(H3,22,23,24);1H. The maximum atomic E-state index is 6.11. The van der Waals surface area contributed by atoms with E-state index in [1.807, 2.05) is 0 Å². The van der Waals surface area contributed by atoms with Gasteiger partial charge in [0.15, 0.2) is 17.5 Å². The molecule has 1 aromatic rings. The van der Waals surface area contributed by atoms with Crippen molar-refractivity contribution in [2.45, 2.75) is 57.5 Å². The molecule has 2 aliphatic rings. The number of ether oxygens (including phenoxy) is 2. The second-order valence-electron chi connectivity index (χ2n) is 7.60. The Morgan fingerprint density at radius 3 is 2.39 bits per heavy atom.